The summed E-state index contributed by atoms with van der Waals surface area (Å²) >= 11 is 0. The molecule has 0 aliphatic heterocycles. The van der Waals surface area contributed by atoms with Gasteiger partial charge in [0.1, 0.15) is 12.0 Å². The van der Waals surface area contributed by atoms with Crippen molar-refractivity contribution >= 4 is 11.7 Å². The number of oxime groups is 1. The molecule has 0 spiro atoms. The molecule has 3 N–H and O–H groups in total. The van der Waals surface area contributed by atoms with Crippen LogP contribution in [0.1, 0.15) is 6.42 Å². The topological polar surface area (TPSA) is 120 Å². The van der Waals surface area contributed by atoms with Gasteiger partial charge in [-0.1, -0.05) is 5.16 Å². The van der Waals surface area contributed by atoms with Gasteiger partial charge in [-0.25, -0.2) is 0 Å². The minimum Gasteiger partial charge on any atom is -0.409 e. The summed E-state index contributed by atoms with van der Waals surface area (Å²) in [6.45, 7) is 0.386. The first-order valence-electron chi connectivity index (χ1n) is 3.76. The van der Waals surface area contributed by atoms with Crippen molar-refractivity contribution in [1.29, 1.82) is 0 Å². The molecule has 1 aromatic heterocycles. The van der Waals surface area contributed by atoms with Gasteiger partial charge in [-0.3, -0.25) is 0 Å². The molecule has 0 amide bonds. The van der Waals surface area contributed by atoms with Crippen LogP contribution in [-0.4, -0.2) is 25.5 Å². The monoisotopic (exact) mass is 298 g/mol. The van der Waals surface area contributed by atoms with Crippen LogP contribution in [0.25, 0.3) is 0 Å². The van der Waals surface area contributed by atoms with Gasteiger partial charge in [-0.05, 0) is 9.91 Å². The molecule has 0 aliphatic rings. The van der Waals surface area contributed by atoms with E-state index < -0.39 is 4.92 Å². The van der Waals surface area contributed by atoms with E-state index >= 15 is 0 Å². The van der Waals surface area contributed by atoms with E-state index in [9.17, 15) is 10.1 Å². The Morgan fingerprint density at radius 3 is 2.93 bits per heavy atom. The van der Waals surface area contributed by atoms with Crippen LogP contribution in [0.3, 0.4) is 0 Å². The normalized spacial score (nSPS) is 10.8. The molecule has 0 saturated heterocycles. The van der Waals surface area contributed by atoms with Crippen LogP contribution in [0, 0.1) is 10.1 Å². The van der Waals surface area contributed by atoms with Crippen molar-refractivity contribution in [2.45, 2.75) is 13.0 Å². The number of nitrogens with zero attached hydrogens (tertiary/aromatic N) is 4. The predicted molar refractivity (Wildman–Crippen MR) is 46.9 cm³/mol. The van der Waals surface area contributed by atoms with Gasteiger partial charge in [0, 0.05) is 33.1 Å². The Morgan fingerprint density at radius 1 is 1.80 bits per heavy atom. The Kier molecular flexibility index (Phi) is 5.50. The van der Waals surface area contributed by atoms with Crippen molar-refractivity contribution in [1.82, 2.24) is 9.55 Å². The molecule has 0 fully saturated rings. The standard InChI is InChI=1S/C6H9N5O3.Tc/c7-5(9-12)1-2-10-3-6(8-4-10)11(13)14;/h3-4,12H,1-2H2,(H2,7,9);/i;1+1. The number of aromatic nitrogens is 2. The zero-order valence-corrected chi connectivity index (χ0v) is 9.43. The Bertz CT molecular complexity index is 363. The zero-order valence-electron chi connectivity index (χ0n) is 7.58. The fraction of sp³-hybridized carbons (Fsp3) is 0.333. The third kappa shape index (κ3) is 4.05. The van der Waals surface area contributed by atoms with Crippen molar-refractivity contribution in [3.8, 4) is 0 Å². The molecule has 1 radical (unpaired) electrons. The van der Waals surface area contributed by atoms with E-state index in [1.165, 1.54) is 17.1 Å². The van der Waals surface area contributed by atoms with Crippen molar-refractivity contribution in [2.75, 3.05) is 0 Å². The molecule has 0 aromatic carbocycles. The minimum atomic E-state index is -0.583. The van der Waals surface area contributed by atoms with Crippen LogP contribution >= 0.6 is 0 Å². The summed E-state index contributed by atoms with van der Waals surface area (Å²) in [4.78, 5) is 13.2. The van der Waals surface area contributed by atoms with Gasteiger partial charge in [-0.2, -0.15) is 0 Å². The molecule has 1 heterocycles. The second kappa shape index (κ2) is 6.10. The van der Waals surface area contributed by atoms with Gasteiger partial charge < -0.3 is 25.6 Å². The maximum atomic E-state index is 10.2. The van der Waals surface area contributed by atoms with Crippen molar-refractivity contribution in [3.05, 3.63) is 22.6 Å². The average Bonchev–Trinajstić information content (AvgIpc) is 2.62. The van der Waals surface area contributed by atoms with Crippen molar-refractivity contribution in [2.24, 2.45) is 10.9 Å². The number of imidazole rings is 1. The van der Waals surface area contributed by atoms with Crippen molar-refractivity contribution in [3.63, 3.8) is 0 Å². The van der Waals surface area contributed by atoms with Crippen LogP contribution in [-0.2, 0) is 26.7 Å². The minimum absolute atomic E-state index is 0. The average molecular weight is 298 g/mol. The first-order valence-corrected chi connectivity index (χ1v) is 3.76. The van der Waals surface area contributed by atoms with E-state index in [0.29, 0.717) is 13.0 Å². The first-order chi connectivity index (χ1) is 6.63. The van der Waals surface area contributed by atoms with Crippen LogP contribution in [0.5, 0.6) is 0 Å². The number of hydrogen-bond donors (Lipinski definition) is 2. The largest absolute Gasteiger partial charge is 0.409 e. The molecule has 0 saturated carbocycles. The van der Waals surface area contributed by atoms with Crippen LogP contribution in [0.4, 0.5) is 5.82 Å². The molecule has 0 bridgehead atoms. The molecule has 1 aromatic rings. The van der Waals surface area contributed by atoms with Crippen LogP contribution in [0.15, 0.2) is 17.7 Å². The van der Waals surface area contributed by atoms with E-state index in [1.807, 2.05) is 0 Å². The maximum absolute atomic E-state index is 10.2. The number of rotatable bonds is 4. The molecule has 0 unspecified atom stereocenters. The third-order valence-corrected chi connectivity index (χ3v) is 1.56. The Morgan fingerprint density at radius 2 is 2.47 bits per heavy atom. The molecule has 0 aliphatic carbocycles. The summed E-state index contributed by atoms with van der Waals surface area (Å²) < 4.78 is 1.50. The summed E-state index contributed by atoms with van der Waals surface area (Å²) in [7, 11) is 0. The summed E-state index contributed by atoms with van der Waals surface area (Å²) in [5, 5.41) is 21.3. The molecule has 8 nitrogen and oxygen atoms in total. The van der Waals surface area contributed by atoms with E-state index in [0.717, 1.165) is 0 Å². The summed E-state index contributed by atoms with van der Waals surface area (Å²) in [5.74, 6) is -0.147. The van der Waals surface area contributed by atoms with E-state index in [-0.39, 0.29) is 31.8 Å². The predicted octanol–water partition coefficient (Wildman–Crippen LogP) is -0.0747. The molecule has 9 heteroatoms. The first kappa shape index (κ1) is 13.5. The van der Waals surface area contributed by atoms with Gasteiger partial charge in [0.25, 0.3) is 0 Å². The summed E-state index contributed by atoms with van der Waals surface area (Å²) in [5.41, 5.74) is 5.22. The number of hydrogen-bond acceptors (Lipinski definition) is 5. The SMILES string of the molecule is N/C(CCn1cnc([N+](=O)[O-])c1)=N\O.[99Tc]. The Hall–Kier alpha value is -1.47. The number of nitrogens with two attached hydrogens (primary N) is 1. The van der Waals surface area contributed by atoms with E-state index in [2.05, 4.69) is 10.1 Å². The van der Waals surface area contributed by atoms with E-state index in [1.54, 1.807) is 0 Å². The summed E-state index contributed by atoms with van der Waals surface area (Å²) in [6, 6.07) is 0. The number of aryl methyl sites for hydroxylation is 1. The zero-order chi connectivity index (χ0) is 10.6. The quantitative estimate of drug-likeness (QED) is 0.265. The van der Waals surface area contributed by atoms with Crippen LogP contribution in [0.2, 0.25) is 0 Å². The van der Waals surface area contributed by atoms with Gasteiger partial charge in [0.05, 0.1) is 0 Å². The van der Waals surface area contributed by atoms with Crippen molar-refractivity contribution < 1.29 is 30.2 Å². The second-order valence-electron chi connectivity index (χ2n) is 2.57. The van der Waals surface area contributed by atoms with E-state index in [4.69, 9.17) is 10.9 Å². The molecular weight excluding hydrogens is 289 g/mol. The molecule has 0 atom stereocenters. The van der Waals surface area contributed by atoms with Gasteiger partial charge in [0.2, 0.25) is 6.33 Å². The fourth-order valence-electron chi connectivity index (χ4n) is 0.859. The number of nitro groups is 1. The van der Waals surface area contributed by atoms with Crippen LogP contribution < -0.4 is 5.73 Å². The smallest absolute Gasteiger partial charge is 0.381 e. The summed E-state index contributed by atoms with van der Waals surface area (Å²) in [6.07, 6.45) is 2.91. The molecule has 15 heavy (non-hydrogen) atoms. The fourth-order valence-corrected chi connectivity index (χ4v) is 0.859. The maximum Gasteiger partial charge on any atom is 0.381 e. The molecule has 83 valence electrons. The number of amidine groups is 1. The van der Waals surface area contributed by atoms with Gasteiger partial charge in [0.15, 0.2) is 0 Å². The third-order valence-electron chi connectivity index (χ3n) is 1.56. The Balaban J connectivity index is 0.00000196. The van der Waals surface area contributed by atoms with Gasteiger partial charge in [-0.15, -0.1) is 0 Å². The second-order valence-corrected chi connectivity index (χ2v) is 2.57. The van der Waals surface area contributed by atoms with Gasteiger partial charge >= 0.3 is 5.82 Å². The Labute approximate surface area is 98.3 Å². The molecular formula is C6H9N5O3Tc. The molecule has 1 rings (SSSR count).